The summed E-state index contributed by atoms with van der Waals surface area (Å²) in [5, 5.41) is 20.3. The van der Waals surface area contributed by atoms with Crippen LogP contribution in [0.1, 0.15) is 90.7 Å². The molecule has 0 heterocycles. The minimum atomic E-state index is -0.447. The standard InChI is InChI=1S/C23H38O4/c1-22(2,3)13-9-6-7-11-18-15-19(21(26)16-20(18)25)12-8-10-14-23(4,5)27-17-24/h15-17,25-26H,6-14H2,1-5H3. The van der Waals surface area contributed by atoms with Crippen LogP contribution in [0, 0.1) is 5.41 Å². The predicted molar refractivity (Wildman–Crippen MR) is 110 cm³/mol. The Hall–Kier alpha value is -1.71. The first kappa shape index (κ1) is 23.3. The third-order valence-corrected chi connectivity index (χ3v) is 4.99. The Morgan fingerprint density at radius 2 is 1.33 bits per heavy atom. The number of carbonyl (C=O) groups is 1. The molecule has 0 bridgehead atoms. The minimum Gasteiger partial charge on any atom is -0.508 e. The van der Waals surface area contributed by atoms with E-state index >= 15 is 0 Å². The fraction of sp³-hybridized carbons (Fsp3) is 0.696. The normalized spacial score (nSPS) is 12.2. The minimum absolute atomic E-state index is 0.160. The van der Waals surface area contributed by atoms with Crippen LogP contribution >= 0.6 is 0 Å². The highest BCUT2D eigenvalue weighted by Gasteiger charge is 2.18. The van der Waals surface area contributed by atoms with Gasteiger partial charge in [-0.2, -0.15) is 0 Å². The van der Waals surface area contributed by atoms with Crippen LogP contribution in [0.25, 0.3) is 0 Å². The zero-order valence-corrected chi connectivity index (χ0v) is 17.8. The molecule has 27 heavy (non-hydrogen) atoms. The Balaban J connectivity index is 2.49. The number of hydrogen-bond donors (Lipinski definition) is 2. The van der Waals surface area contributed by atoms with E-state index < -0.39 is 5.60 Å². The van der Waals surface area contributed by atoms with Crippen LogP contribution in [0.15, 0.2) is 12.1 Å². The number of carbonyl (C=O) groups excluding carboxylic acids is 1. The van der Waals surface area contributed by atoms with Crippen LogP contribution in [0.2, 0.25) is 0 Å². The van der Waals surface area contributed by atoms with Crippen molar-refractivity contribution in [3.8, 4) is 11.5 Å². The average Bonchev–Trinajstić information content (AvgIpc) is 2.53. The fourth-order valence-electron chi connectivity index (χ4n) is 3.28. The molecule has 1 aromatic carbocycles. The molecule has 0 amide bonds. The molecule has 1 rings (SSSR count). The van der Waals surface area contributed by atoms with E-state index in [1.165, 1.54) is 18.9 Å². The van der Waals surface area contributed by atoms with Crippen LogP contribution in [-0.2, 0) is 22.4 Å². The highest BCUT2D eigenvalue weighted by Crippen LogP contribution is 2.31. The van der Waals surface area contributed by atoms with Crippen LogP contribution in [0.5, 0.6) is 11.5 Å². The lowest BCUT2D eigenvalue weighted by atomic mass is 9.89. The van der Waals surface area contributed by atoms with Crippen molar-refractivity contribution in [1.82, 2.24) is 0 Å². The Kier molecular flexibility index (Phi) is 9.14. The van der Waals surface area contributed by atoms with Crippen molar-refractivity contribution in [2.45, 2.75) is 98.0 Å². The number of aryl methyl sites for hydroxylation is 2. The molecule has 2 N–H and O–H groups in total. The topological polar surface area (TPSA) is 66.8 Å². The number of ether oxygens (including phenoxy) is 1. The Labute approximate surface area is 164 Å². The number of hydrogen-bond acceptors (Lipinski definition) is 4. The SMILES string of the molecule is CC(C)(C)CCCCCc1cc(CCCCC(C)(C)OC=O)c(O)cc1O. The summed E-state index contributed by atoms with van der Waals surface area (Å²) in [6, 6.07) is 3.42. The Morgan fingerprint density at radius 3 is 1.85 bits per heavy atom. The van der Waals surface area contributed by atoms with Crippen LogP contribution in [0.4, 0.5) is 0 Å². The van der Waals surface area contributed by atoms with E-state index in [9.17, 15) is 15.0 Å². The van der Waals surface area contributed by atoms with Gasteiger partial charge in [0.05, 0.1) is 0 Å². The fourth-order valence-corrected chi connectivity index (χ4v) is 3.28. The van der Waals surface area contributed by atoms with Crippen molar-refractivity contribution >= 4 is 6.47 Å². The van der Waals surface area contributed by atoms with Crippen LogP contribution < -0.4 is 0 Å². The summed E-state index contributed by atoms with van der Waals surface area (Å²) in [6.45, 7) is 11.1. The van der Waals surface area contributed by atoms with Crippen LogP contribution in [0.3, 0.4) is 0 Å². The van der Waals surface area contributed by atoms with Gasteiger partial charge in [0.25, 0.3) is 6.47 Å². The Bertz CT molecular complexity index is 585. The van der Waals surface area contributed by atoms with Crippen molar-refractivity contribution in [3.05, 3.63) is 23.3 Å². The lowest BCUT2D eigenvalue weighted by Gasteiger charge is -2.22. The highest BCUT2D eigenvalue weighted by atomic mass is 16.5. The molecule has 0 unspecified atom stereocenters. The second kappa shape index (κ2) is 10.6. The van der Waals surface area contributed by atoms with Crippen molar-refractivity contribution in [2.24, 2.45) is 5.41 Å². The molecular formula is C23H38O4. The number of unbranched alkanes of at least 4 members (excludes halogenated alkanes) is 3. The van der Waals surface area contributed by atoms with Gasteiger partial charge in [0, 0.05) is 6.07 Å². The summed E-state index contributed by atoms with van der Waals surface area (Å²) < 4.78 is 5.06. The van der Waals surface area contributed by atoms with Gasteiger partial charge in [-0.05, 0) is 81.4 Å². The number of phenolic OH excluding ortho intramolecular Hbond substituents is 2. The lowest BCUT2D eigenvalue weighted by Crippen LogP contribution is -2.23. The summed E-state index contributed by atoms with van der Waals surface area (Å²) in [4.78, 5) is 10.5. The van der Waals surface area contributed by atoms with Gasteiger partial charge in [0.15, 0.2) is 0 Å². The highest BCUT2D eigenvalue weighted by molar-refractivity contribution is 5.45. The average molecular weight is 379 g/mol. The molecule has 154 valence electrons. The van der Waals surface area contributed by atoms with Crippen molar-refractivity contribution < 1.29 is 19.7 Å². The molecule has 1 aromatic rings. The van der Waals surface area contributed by atoms with Gasteiger partial charge in [-0.3, -0.25) is 4.79 Å². The van der Waals surface area contributed by atoms with Crippen molar-refractivity contribution in [1.29, 1.82) is 0 Å². The van der Waals surface area contributed by atoms with E-state index in [4.69, 9.17) is 4.74 Å². The molecule has 0 saturated heterocycles. The van der Waals surface area contributed by atoms with E-state index in [0.717, 1.165) is 56.1 Å². The smallest absolute Gasteiger partial charge is 0.293 e. The van der Waals surface area contributed by atoms with Gasteiger partial charge >= 0.3 is 0 Å². The second-order valence-electron chi connectivity index (χ2n) is 9.41. The zero-order valence-electron chi connectivity index (χ0n) is 17.8. The molecule has 0 saturated carbocycles. The van der Waals surface area contributed by atoms with E-state index in [-0.39, 0.29) is 11.5 Å². The summed E-state index contributed by atoms with van der Waals surface area (Å²) >= 11 is 0. The van der Waals surface area contributed by atoms with Gasteiger partial charge in [0.2, 0.25) is 0 Å². The van der Waals surface area contributed by atoms with E-state index in [1.54, 1.807) is 0 Å². The van der Waals surface area contributed by atoms with Gasteiger partial charge in [-0.1, -0.05) is 33.6 Å². The summed E-state index contributed by atoms with van der Waals surface area (Å²) in [6.07, 6.45) is 8.79. The molecular weight excluding hydrogens is 340 g/mol. The van der Waals surface area contributed by atoms with Gasteiger partial charge in [-0.25, -0.2) is 0 Å². The number of benzene rings is 1. The zero-order chi connectivity index (χ0) is 20.5. The third kappa shape index (κ3) is 9.69. The molecule has 0 aliphatic carbocycles. The maximum absolute atomic E-state index is 10.5. The maximum Gasteiger partial charge on any atom is 0.293 e. The second-order valence-corrected chi connectivity index (χ2v) is 9.41. The molecule has 0 aromatic heterocycles. The third-order valence-electron chi connectivity index (χ3n) is 4.99. The Morgan fingerprint density at radius 1 is 0.815 bits per heavy atom. The molecule has 0 aliphatic heterocycles. The van der Waals surface area contributed by atoms with Crippen molar-refractivity contribution in [3.63, 3.8) is 0 Å². The summed E-state index contributed by atoms with van der Waals surface area (Å²) in [5.74, 6) is 0.347. The molecule has 0 radical (unpaired) electrons. The first-order valence-corrected chi connectivity index (χ1v) is 10.2. The summed E-state index contributed by atoms with van der Waals surface area (Å²) in [5.41, 5.74) is 1.73. The van der Waals surface area contributed by atoms with Gasteiger partial charge in [-0.15, -0.1) is 0 Å². The van der Waals surface area contributed by atoms with E-state index in [0.29, 0.717) is 11.9 Å². The molecule has 0 atom stereocenters. The molecule has 0 aliphatic rings. The first-order valence-electron chi connectivity index (χ1n) is 10.2. The predicted octanol–water partition coefficient (Wildman–Crippen LogP) is 5.91. The van der Waals surface area contributed by atoms with Gasteiger partial charge < -0.3 is 14.9 Å². The number of rotatable bonds is 12. The van der Waals surface area contributed by atoms with E-state index in [1.807, 2.05) is 19.9 Å². The number of phenols is 2. The molecule has 4 nitrogen and oxygen atoms in total. The lowest BCUT2D eigenvalue weighted by molar-refractivity contribution is -0.140. The molecule has 0 fully saturated rings. The maximum atomic E-state index is 10.5. The largest absolute Gasteiger partial charge is 0.508 e. The summed E-state index contributed by atoms with van der Waals surface area (Å²) in [7, 11) is 0. The van der Waals surface area contributed by atoms with Crippen LogP contribution in [-0.4, -0.2) is 22.3 Å². The van der Waals surface area contributed by atoms with E-state index in [2.05, 4.69) is 20.8 Å². The molecule has 0 spiro atoms. The number of aromatic hydroxyl groups is 2. The molecule has 4 heteroatoms. The monoisotopic (exact) mass is 378 g/mol. The van der Waals surface area contributed by atoms with Crippen molar-refractivity contribution in [2.75, 3.05) is 0 Å². The first-order chi connectivity index (χ1) is 12.5. The quantitative estimate of drug-likeness (QED) is 0.350. The van der Waals surface area contributed by atoms with Gasteiger partial charge in [0.1, 0.15) is 17.1 Å².